The number of rotatable bonds is 7. The standard InChI is InChI=1S/C12H23NO/c1-2-3-4-5-6-9-12(14)11-8-7-10-13-11/h11,13H,2-10H2,1H3. The van der Waals surface area contributed by atoms with Crippen molar-refractivity contribution in [3.05, 3.63) is 0 Å². The molecular formula is C12H23NO. The lowest BCUT2D eigenvalue weighted by Crippen LogP contribution is -2.30. The van der Waals surface area contributed by atoms with Crippen LogP contribution in [0, 0.1) is 0 Å². The average molecular weight is 197 g/mol. The van der Waals surface area contributed by atoms with Gasteiger partial charge in [-0.2, -0.15) is 0 Å². The van der Waals surface area contributed by atoms with E-state index in [9.17, 15) is 4.79 Å². The lowest BCUT2D eigenvalue weighted by molar-refractivity contribution is -0.120. The van der Waals surface area contributed by atoms with Crippen LogP contribution in [0.5, 0.6) is 0 Å². The minimum atomic E-state index is 0.196. The van der Waals surface area contributed by atoms with E-state index in [4.69, 9.17) is 0 Å². The Bertz CT molecular complexity index is 162. The van der Waals surface area contributed by atoms with Crippen LogP contribution in [-0.4, -0.2) is 18.4 Å². The van der Waals surface area contributed by atoms with Crippen LogP contribution in [0.15, 0.2) is 0 Å². The Labute approximate surface area is 87.5 Å². The van der Waals surface area contributed by atoms with Gasteiger partial charge < -0.3 is 5.32 Å². The van der Waals surface area contributed by atoms with Gasteiger partial charge in [0.05, 0.1) is 6.04 Å². The second-order valence-electron chi connectivity index (χ2n) is 4.28. The summed E-state index contributed by atoms with van der Waals surface area (Å²) in [5.41, 5.74) is 0. The molecule has 1 unspecified atom stereocenters. The molecule has 1 aliphatic heterocycles. The molecule has 2 heteroatoms. The number of ketones is 1. The van der Waals surface area contributed by atoms with E-state index in [2.05, 4.69) is 12.2 Å². The van der Waals surface area contributed by atoms with Crippen LogP contribution in [-0.2, 0) is 4.79 Å². The molecule has 0 aromatic heterocycles. The summed E-state index contributed by atoms with van der Waals surface area (Å²) in [6.07, 6.45) is 9.24. The summed E-state index contributed by atoms with van der Waals surface area (Å²) < 4.78 is 0. The van der Waals surface area contributed by atoms with Crippen LogP contribution < -0.4 is 5.32 Å². The first-order valence-corrected chi connectivity index (χ1v) is 6.10. The van der Waals surface area contributed by atoms with Gasteiger partial charge in [-0.05, 0) is 25.8 Å². The summed E-state index contributed by atoms with van der Waals surface area (Å²) >= 11 is 0. The maximum atomic E-state index is 11.6. The third-order valence-corrected chi connectivity index (χ3v) is 2.98. The zero-order valence-electron chi connectivity index (χ0n) is 9.35. The lowest BCUT2D eigenvalue weighted by Gasteiger charge is -2.08. The van der Waals surface area contributed by atoms with Crippen LogP contribution in [0.3, 0.4) is 0 Å². The number of Topliss-reactive ketones (excluding diaryl/α,β-unsaturated/α-hetero) is 1. The Morgan fingerprint density at radius 3 is 2.71 bits per heavy atom. The van der Waals surface area contributed by atoms with Gasteiger partial charge in [0, 0.05) is 6.42 Å². The van der Waals surface area contributed by atoms with E-state index in [1.807, 2.05) is 0 Å². The minimum absolute atomic E-state index is 0.196. The van der Waals surface area contributed by atoms with E-state index < -0.39 is 0 Å². The fourth-order valence-electron chi connectivity index (χ4n) is 2.04. The molecule has 2 nitrogen and oxygen atoms in total. The molecule has 0 radical (unpaired) electrons. The molecule has 1 saturated heterocycles. The van der Waals surface area contributed by atoms with Gasteiger partial charge in [-0.3, -0.25) is 4.79 Å². The molecule has 1 heterocycles. The summed E-state index contributed by atoms with van der Waals surface area (Å²) in [5, 5.41) is 3.26. The highest BCUT2D eigenvalue weighted by Crippen LogP contribution is 2.11. The number of hydrogen-bond acceptors (Lipinski definition) is 2. The molecule has 1 N–H and O–H groups in total. The van der Waals surface area contributed by atoms with Crippen LogP contribution in [0.25, 0.3) is 0 Å². The largest absolute Gasteiger partial charge is 0.307 e. The molecule has 0 aromatic rings. The number of carbonyl (C=O) groups excluding carboxylic acids is 1. The van der Waals surface area contributed by atoms with E-state index in [0.29, 0.717) is 5.78 Å². The average Bonchev–Trinajstić information content (AvgIpc) is 2.70. The van der Waals surface area contributed by atoms with Gasteiger partial charge in [0.1, 0.15) is 5.78 Å². The quantitative estimate of drug-likeness (QED) is 0.636. The van der Waals surface area contributed by atoms with Crippen molar-refractivity contribution in [2.45, 2.75) is 64.3 Å². The van der Waals surface area contributed by atoms with Gasteiger partial charge in [-0.25, -0.2) is 0 Å². The van der Waals surface area contributed by atoms with Crippen LogP contribution >= 0.6 is 0 Å². The Morgan fingerprint density at radius 2 is 2.07 bits per heavy atom. The van der Waals surface area contributed by atoms with Crippen molar-refractivity contribution in [3.8, 4) is 0 Å². The van der Waals surface area contributed by atoms with Gasteiger partial charge in [-0.1, -0.05) is 32.6 Å². The van der Waals surface area contributed by atoms with Crippen LogP contribution in [0.4, 0.5) is 0 Å². The molecule has 0 amide bonds. The van der Waals surface area contributed by atoms with Crippen molar-refractivity contribution in [1.82, 2.24) is 5.32 Å². The highest BCUT2D eigenvalue weighted by molar-refractivity contribution is 5.84. The number of hydrogen-bond donors (Lipinski definition) is 1. The summed E-state index contributed by atoms with van der Waals surface area (Å²) in [4.78, 5) is 11.6. The second kappa shape index (κ2) is 6.99. The molecule has 14 heavy (non-hydrogen) atoms. The summed E-state index contributed by atoms with van der Waals surface area (Å²) in [7, 11) is 0. The smallest absolute Gasteiger partial charge is 0.149 e. The molecule has 1 rings (SSSR count). The predicted octanol–water partition coefficient (Wildman–Crippen LogP) is 2.67. The predicted molar refractivity (Wildman–Crippen MR) is 59.4 cm³/mol. The third kappa shape index (κ3) is 4.23. The van der Waals surface area contributed by atoms with Crippen molar-refractivity contribution in [2.75, 3.05) is 6.54 Å². The fraction of sp³-hybridized carbons (Fsp3) is 0.917. The molecule has 82 valence electrons. The molecule has 0 bridgehead atoms. The SMILES string of the molecule is CCCCCCCC(=O)C1CCCN1. The minimum Gasteiger partial charge on any atom is -0.307 e. The van der Waals surface area contributed by atoms with Crippen LogP contribution in [0.1, 0.15) is 58.3 Å². The molecule has 1 atom stereocenters. The van der Waals surface area contributed by atoms with E-state index in [1.54, 1.807) is 0 Å². The van der Waals surface area contributed by atoms with Gasteiger partial charge in [0.25, 0.3) is 0 Å². The molecule has 0 aromatic carbocycles. The van der Waals surface area contributed by atoms with Gasteiger partial charge in [0.15, 0.2) is 0 Å². The zero-order valence-corrected chi connectivity index (χ0v) is 9.35. The molecule has 0 saturated carbocycles. The Balaban J connectivity index is 1.97. The summed E-state index contributed by atoms with van der Waals surface area (Å²) in [5.74, 6) is 0.444. The van der Waals surface area contributed by atoms with Gasteiger partial charge in [0.2, 0.25) is 0 Å². The van der Waals surface area contributed by atoms with Crippen LogP contribution in [0.2, 0.25) is 0 Å². The Kier molecular flexibility index (Phi) is 5.85. The Hall–Kier alpha value is -0.370. The summed E-state index contributed by atoms with van der Waals surface area (Å²) in [6.45, 7) is 3.25. The molecule has 0 spiro atoms. The topological polar surface area (TPSA) is 29.1 Å². The summed E-state index contributed by atoms with van der Waals surface area (Å²) in [6, 6.07) is 0.196. The normalized spacial score (nSPS) is 21.4. The maximum absolute atomic E-state index is 11.6. The first kappa shape index (κ1) is 11.7. The first-order chi connectivity index (χ1) is 6.84. The molecular weight excluding hydrogens is 174 g/mol. The molecule has 1 fully saturated rings. The number of carbonyl (C=O) groups is 1. The zero-order chi connectivity index (χ0) is 10.2. The first-order valence-electron chi connectivity index (χ1n) is 6.10. The molecule has 0 aliphatic carbocycles. The van der Waals surface area contributed by atoms with Crippen molar-refractivity contribution in [2.24, 2.45) is 0 Å². The molecule has 1 aliphatic rings. The lowest BCUT2D eigenvalue weighted by atomic mass is 10.0. The van der Waals surface area contributed by atoms with E-state index in [-0.39, 0.29) is 6.04 Å². The highest BCUT2D eigenvalue weighted by Gasteiger charge is 2.20. The van der Waals surface area contributed by atoms with E-state index >= 15 is 0 Å². The maximum Gasteiger partial charge on any atom is 0.149 e. The van der Waals surface area contributed by atoms with E-state index in [0.717, 1.165) is 25.8 Å². The fourth-order valence-corrected chi connectivity index (χ4v) is 2.04. The number of unbranched alkanes of at least 4 members (excludes halogenated alkanes) is 4. The van der Waals surface area contributed by atoms with Crippen molar-refractivity contribution in [3.63, 3.8) is 0 Å². The van der Waals surface area contributed by atoms with E-state index in [1.165, 1.54) is 32.1 Å². The monoisotopic (exact) mass is 197 g/mol. The van der Waals surface area contributed by atoms with Crippen molar-refractivity contribution >= 4 is 5.78 Å². The second-order valence-corrected chi connectivity index (χ2v) is 4.28. The van der Waals surface area contributed by atoms with Crippen molar-refractivity contribution in [1.29, 1.82) is 0 Å². The van der Waals surface area contributed by atoms with Crippen molar-refractivity contribution < 1.29 is 4.79 Å². The Morgan fingerprint density at radius 1 is 1.29 bits per heavy atom. The van der Waals surface area contributed by atoms with Gasteiger partial charge in [-0.15, -0.1) is 0 Å². The van der Waals surface area contributed by atoms with Gasteiger partial charge >= 0.3 is 0 Å². The third-order valence-electron chi connectivity index (χ3n) is 2.98. The number of nitrogens with one attached hydrogen (secondary N) is 1. The highest BCUT2D eigenvalue weighted by atomic mass is 16.1.